The fourth-order valence-electron chi connectivity index (χ4n) is 1.82. The van der Waals surface area contributed by atoms with Crippen molar-refractivity contribution in [2.45, 2.75) is 36.3 Å². The second-order valence-electron chi connectivity index (χ2n) is 4.12. The number of hydrogen-bond acceptors (Lipinski definition) is 3. The molecule has 1 aromatic rings. The van der Waals surface area contributed by atoms with Crippen molar-refractivity contribution in [3.8, 4) is 11.5 Å². The van der Waals surface area contributed by atoms with Gasteiger partial charge >= 0.3 is 6.16 Å². The molecule has 0 radical (unpaired) electrons. The van der Waals surface area contributed by atoms with Gasteiger partial charge in [-0.2, -0.15) is 0 Å². The van der Waals surface area contributed by atoms with Gasteiger partial charge in [0.25, 0.3) is 0 Å². The molecule has 2 N–H and O–H groups in total. The van der Waals surface area contributed by atoms with Gasteiger partial charge in [0, 0.05) is 5.56 Å². The number of aryl methyl sites for hydroxylation is 1. The van der Waals surface area contributed by atoms with Gasteiger partial charge in [0.15, 0.2) is 11.5 Å². The van der Waals surface area contributed by atoms with E-state index in [-0.39, 0.29) is 15.2 Å². The number of carbonyl (C=O) groups is 1. The van der Waals surface area contributed by atoms with E-state index in [9.17, 15) is 9.90 Å². The van der Waals surface area contributed by atoms with Crippen molar-refractivity contribution in [2.24, 2.45) is 0 Å². The first-order valence-corrected chi connectivity index (χ1v) is 7.81. The molecule has 4 nitrogen and oxygen atoms in total. The molecule has 6 heteroatoms. The van der Waals surface area contributed by atoms with Crippen LogP contribution in [-0.2, 0) is 12.8 Å². The van der Waals surface area contributed by atoms with Gasteiger partial charge in [-0.1, -0.05) is 51.3 Å². The molecule has 106 valence electrons. The lowest BCUT2D eigenvalue weighted by Gasteiger charge is -2.14. The van der Waals surface area contributed by atoms with Crippen molar-refractivity contribution in [3.63, 3.8) is 0 Å². The van der Waals surface area contributed by atoms with Crippen molar-refractivity contribution in [1.29, 1.82) is 0 Å². The van der Waals surface area contributed by atoms with E-state index in [2.05, 4.69) is 43.5 Å². The van der Waals surface area contributed by atoms with E-state index in [4.69, 9.17) is 5.11 Å². The van der Waals surface area contributed by atoms with Crippen LogP contribution in [0, 0.1) is 0 Å². The Bertz CT molecular complexity index is 447. The summed E-state index contributed by atoms with van der Waals surface area (Å²) < 4.78 is 4.57. The standard InChI is InChI=1S/C13H16Br2O4/c1-2-3-4-8-5-6-10(19-13(17)18)12(16)9(8)7-11(14)15/h5-6,11,16H,2-4,7H2,1H3,(H,17,18). The third-order valence-electron chi connectivity index (χ3n) is 2.70. The van der Waals surface area contributed by atoms with Gasteiger partial charge in [0.2, 0.25) is 0 Å². The summed E-state index contributed by atoms with van der Waals surface area (Å²) >= 11 is 6.74. The largest absolute Gasteiger partial charge is 0.511 e. The topological polar surface area (TPSA) is 66.8 Å². The lowest BCUT2D eigenvalue weighted by Crippen LogP contribution is -2.06. The van der Waals surface area contributed by atoms with Gasteiger partial charge in [-0.3, -0.25) is 0 Å². The predicted molar refractivity (Wildman–Crippen MR) is 80.7 cm³/mol. The minimum absolute atomic E-state index is 0.00588. The molecule has 19 heavy (non-hydrogen) atoms. The van der Waals surface area contributed by atoms with Crippen LogP contribution in [0.15, 0.2) is 12.1 Å². The van der Waals surface area contributed by atoms with Crippen LogP contribution in [0.4, 0.5) is 4.79 Å². The molecule has 0 atom stereocenters. The van der Waals surface area contributed by atoms with E-state index in [0.29, 0.717) is 12.0 Å². The molecule has 0 saturated carbocycles. The number of halogens is 2. The van der Waals surface area contributed by atoms with E-state index in [0.717, 1.165) is 24.8 Å². The number of carboxylic acid groups (broad SMARTS) is 1. The first kappa shape index (κ1) is 16.3. The summed E-state index contributed by atoms with van der Waals surface area (Å²) in [6.45, 7) is 2.10. The first-order chi connectivity index (χ1) is 8.95. The van der Waals surface area contributed by atoms with Gasteiger partial charge in [0.05, 0.1) is 3.74 Å². The molecule has 0 heterocycles. The molecular formula is C13H16Br2O4. The molecule has 1 rings (SSSR count). The van der Waals surface area contributed by atoms with E-state index < -0.39 is 6.16 Å². The zero-order chi connectivity index (χ0) is 14.4. The zero-order valence-electron chi connectivity index (χ0n) is 10.5. The maximum atomic E-state index is 10.6. The number of hydrogen-bond donors (Lipinski definition) is 2. The number of aromatic hydroxyl groups is 1. The molecule has 0 aliphatic rings. The molecule has 0 aromatic heterocycles. The molecule has 0 aliphatic heterocycles. The van der Waals surface area contributed by atoms with E-state index in [1.54, 1.807) is 0 Å². The van der Waals surface area contributed by atoms with Gasteiger partial charge in [-0.25, -0.2) is 4.79 Å². The molecule has 0 saturated heterocycles. The Kier molecular flexibility index (Phi) is 6.65. The fraction of sp³-hybridized carbons (Fsp3) is 0.462. The molecule has 0 bridgehead atoms. The molecule has 0 spiro atoms. The van der Waals surface area contributed by atoms with Crippen molar-refractivity contribution in [3.05, 3.63) is 23.3 Å². The Hall–Kier alpha value is -0.750. The minimum Gasteiger partial charge on any atom is -0.504 e. The predicted octanol–water partition coefficient (Wildman–Crippen LogP) is 4.45. The number of benzene rings is 1. The highest BCUT2D eigenvalue weighted by Crippen LogP contribution is 2.35. The Morgan fingerprint density at radius 2 is 2.11 bits per heavy atom. The lowest BCUT2D eigenvalue weighted by atomic mass is 9.99. The summed E-state index contributed by atoms with van der Waals surface area (Å²) in [6, 6.07) is 3.31. The number of rotatable bonds is 6. The highest BCUT2D eigenvalue weighted by molar-refractivity contribution is 9.24. The average Bonchev–Trinajstić information content (AvgIpc) is 2.32. The van der Waals surface area contributed by atoms with Crippen molar-refractivity contribution >= 4 is 38.0 Å². The van der Waals surface area contributed by atoms with Crippen LogP contribution in [0.5, 0.6) is 11.5 Å². The van der Waals surface area contributed by atoms with Gasteiger partial charge in [-0.05, 0) is 30.9 Å². The summed E-state index contributed by atoms with van der Waals surface area (Å²) in [6.07, 6.45) is 2.03. The molecule has 0 unspecified atom stereocenters. The van der Waals surface area contributed by atoms with Crippen LogP contribution in [0.2, 0.25) is 0 Å². The number of unbranched alkanes of at least 4 members (excludes halogenated alkanes) is 1. The normalized spacial score (nSPS) is 10.7. The third-order valence-corrected chi connectivity index (χ3v) is 3.35. The SMILES string of the molecule is CCCCc1ccc(OC(=O)O)c(O)c1CC(Br)Br. The Morgan fingerprint density at radius 1 is 1.42 bits per heavy atom. The monoisotopic (exact) mass is 394 g/mol. The minimum atomic E-state index is -1.43. The van der Waals surface area contributed by atoms with Crippen LogP contribution in [0.25, 0.3) is 0 Å². The summed E-state index contributed by atoms with van der Waals surface area (Å²) in [4.78, 5) is 10.6. The van der Waals surface area contributed by atoms with E-state index in [1.165, 1.54) is 6.07 Å². The summed E-state index contributed by atoms with van der Waals surface area (Å²) in [5.41, 5.74) is 1.73. The van der Waals surface area contributed by atoms with Crippen molar-refractivity contribution in [1.82, 2.24) is 0 Å². The molecule has 1 aromatic carbocycles. The van der Waals surface area contributed by atoms with Gasteiger partial charge in [-0.15, -0.1) is 0 Å². The van der Waals surface area contributed by atoms with Crippen LogP contribution in [-0.4, -0.2) is 20.1 Å². The van der Waals surface area contributed by atoms with E-state index in [1.807, 2.05) is 6.07 Å². The maximum absolute atomic E-state index is 10.6. The second kappa shape index (κ2) is 7.75. The number of phenolic OH excluding ortho intramolecular Hbond substituents is 1. The van der Waals surface area contributed by atoms with Crippen molar-refractivity contribution < 1.29 is 19.7 Å². The molecular weight excluding hydrogens is 380 g/mol. The van der Waals surface area contributed by atoms with Crippen LogP contribution in [0.1, 0.15) is 30.9 Å². The highest BCUT2D eigenvalue weighted by atomic mass is 79.9. The Balaban J connectivity index is 3.11. The average molecular weight is 396 g/mol. The fourth-order valence-corrected chi connectivity index (χ4v) is 2.46. The van der Waals surface area contributed by atoms with Crippen LogP contribution in [0.3, 0.4) is 0 Å². The number of ether oxygens (including phenoxy) is 1. The molecule has 0 amide bonds. The van der Waals surface area contributed by atoms with E-state index >= 15 is 0 Å². The van der Waals surface area contributed by atoms with Gasteiger partial charge < -0.3 is 14.9 Å². The second-order valence-corrected chi connectivity index (χ2v) is 7.56. The summed E-state index contributed by atoms with van der Waals surface area (Å²) in [5.74, 6) is -0.122. The van der Waals surface area contributed by atoms with Crippen LogP contribution < -0.4 is 4.74 Å². The maximum Gasteiger partial charge on any atom is 0.511 e. The highest BCUT2D eigenvalue weighted by Gasteiger charge is 2.17. The summed E-state index contributed by atoms with van der Waals surface area (Å²) in [5, 5.41) is 18.8. The summed E-state index contributed by atoms with van der Waals surface area (Å²) in [7, 11) is 0. The quantitative estimate of drug-likeness (QED) is 0.424. The molecule has 0 aliphatic carbocycles. The smallest absolute Gasteiger partial charge is 0.504 e. The Labute approximate surface area is 129 Å². The number of phenols is 1. The first-order valence-electron chi connectivity index (χ1n) is 5.98. The third kappa shape index (κ3) is 5.03. The molecule has 0 fully saturated rings. The Morgan fingerprint density at radius 3 is 2.63 bits per heavy atom. The van der Waals surface area contributed by atoms with Crippen LogP contribution >= 0.6 is 31.9 Å². The van der Waals surface area contributed by atoms with Crippen molar-refractivity contribution in [2.75, 3.05) is 0 Å². The van der Waals surface area contributed by atoms with Gasteiger partial charge in [0.1, 0.15) is 0 Å². The number of alkyl halides is 2. The lowest BCUT2D eigenvalue weighted by molar-refractivity contribution is 0.143. The zero-order valence-corrected chi connectivity index (χ0v) is 13.7.